The highest BCUT2D eigenvalue weighted by Crippen LogP contribution is 2.39. The van der Waals surface area contributed by atoms with Crippen molar-refractivity contribution in [3.8, 4) is 11.5 Å². The summed E-state index contributed by atoms with van der Waals surface area (Å²) in [7, 11) is -3.93. The number of nitrogens with zero attached hydrogens (tertiary/aromatic N) is 1. The summed E-state index contributed by atoms with van der Waals surface area (Å²) in [6, 6.07) is 1.89. The Morgan fingerprint density at radius 3 is 2.55 bits per heavy atom. The first-order valence-corrected chi connectivity index (χ1v) is 8.98. The van der Waals surface area contributed by atoms with Crippen molar-refractivity contribution < 1.29 is 27.8 Å². The molecule has 1 atom stereocenters. The van der Waals surface area contributed by atoms with Crippen molar-refractivity contribution in [1.82, 2.24) is 4.31 Å². The molecule has 0 amide bonds. The molecule has 2 aliphatic heterocycles. The standard InChI is InChI=1S/C13H14BrNO6S/c14-8-6-10-11(21-5-4-20-10)7-12(8)22(18,19)15-3-1-2-9(15)13(16)17/h6-7,9H,1-5H2,(H,16,17)/t9-/m0/s1. The van der Waals surface area contributed by atoms with E-state index < -0.39 is 22.0 Å². The predicted molar refractivity (Wildman–Crippen MR) is 79.7 cm³/mol. The van der Waals surface area contributed by atoms with Crippen LogP contribution >= 0.6 is 15.9 Å². The van der Waals surface area contributed by atoms with Gasteiger partial charge in [0.15, 0.2) is 11.5 Å². The van der Waals surface area contributed by atoms with E-state index in [2.05, 4.69) is 15.9 Å². The Morgan fingerprint density at radius 2 is 1.91 bits per heavy atom. The molecule has 0 saturated carbocycles. The number of ether oxygens (including phenoxy) is 2. The highest BCUT2D eigenvalue weighted by atomic mass is 79.9. The zero-order valence-electron chi connectivity index (χ0n) is 11.5. The molecule has 1 fully saturated rings. The minimum atomic E-state index is -3.93. The van der Waals surface area contributed by atoms with Crippen LogP contribution in [0.1, 0.15) is 12.8 Å². The van der Waals surface area contributed by atoms with Gasteiger partial charge in [0, 0.05) is 17.1 Å². The van der Waals surface area contributed by atoms with Crippen molar-refractivity contribution >= 4 is 31.9 Å². The van der Waals surface area contributed by atoms with Gasteiger partial charge in [0.1, 0.15) is 24.2 Å². The molecular formula is C13H14BrNO6S. The lowest BCUT2D eigenvalue weighted by Gasteiger charge is -2.24. The summed E-state index contributed by atoms with van der Waals surface area (Å²) in [4.78, 5) is 11.2. The van der Waals surface area contributed by atoms with Gasteiger partial charge in [-0.15, -0.1) is 0 Å². The minimum absolute atomic E-state index is 0.00935. The molecule has 0 aliphatic carbocycles. The Balaban J connectivity index is 2.04. The Morgan fingerprint density at radius 1 is 1.27 bits per heavy atom. The molecule has 3 rings (SSSR count). The minimum Gasteiger partial charge on any atom is -0.486 e. The first-order valence-electron chi connectivity index (χ1n) is 6.75. The molecule has 7 nitrogen and oxygen atoms in total. The second kappa shape index (κ2) is 5.71. The summed E-state index contributed by atoms with van der Waals surface area (Å²) in [6.45, 7) is 0.939. The van der Waals surface area contributed by atoms with Crippen LogP contribution in [-0.2, 0) is 14.8 Å². The molecule has 0 bridgehead atoms. The monoisotopic (exact) mass is 391 g/mol. The van der Waals surface area contributed by atoms with Crippen molar-refractivity contribution in [3.05, 3.63) is 16.6 Å². The van der Waals surface area contributed by atoms with E-state index in [1.54, 1.807) is 0 Å². The van der Waals surface area contributed by atoms with Gasteiger partial charge in [-0.05, 0) is 34.8 Å². The normalized spacial score (nSPS) is 21.8. The smallest absolute Gasteiger partial charge is 0.322 e. The summed E-state index contributed by atoms with van der Waals surface area (Å²) in [5.74, 6) is -0.317. The van der Waals surface area contributed by atoms with Gasteiger partial charge in [-0.2, -0.15) is 4.31 Å². The van der Waals surface area contributed by atoms with Crippen molar-refractivity contribution in [1.29, 1.82) is 0 Å². The van der Waals surface area contributed by atoms with Gasteiger partial charge in [-0.3, -0.25) is 4.79 Å². The van der Waals surface area contributed by atoms with Gasteiger partial charge in [0.05, 0.1) is 0 Å². The lowest BCUT2D eigenvalue weighted by molar-refractivity contribution is -0.140. The molecule has 120 valence electrons. The van der Waals surface area contributed by atoms with Crippen molar-refractivity contribution in [2.24, 2.45) is 0 Å². The molecule has 1 N–H and O–H groups in total. The zero-order chi connectivity index (χ0) is 15.9. The Labute approximate surface area is 136 Å². The van der Waals surface area contributed by atoms with Crippen molar-refractivity contribution in [2.45, 2.75) is 23.8 Å². The zero-order valence-corrected chi connectivity index (χ0v) is 13.9. The Hall–Kier alpha value is -1.32. The molecule has 22 heavy (non-hydrogen) atoms. The van der Waals surface area contributed by atoms with Gasteiger partial charge >= 0.3 is 5.97 Å². The number of hydrogen-bond donors (Lipinski definition) is 1. The number of carbonyl (C=O) groups is 1. The van der Waals surface area contributed by atoms with Gasteiger partial charge in [0.25, 0.3) is 0 Å². The Kier molecular flexibility index (Phi) is 4.04. The molecule has 2 heterocycles. The maximum absolute atomic E-state index is 12.8. The van der Waals surface area contributed by atoms with E-state index in [-0.39, 0.29) is 11.4 Å². The third-order valence-corrected chi connectivity index (χ3v) is 6.54. The topological polar surface area (TPSA) is 93.1 Å². The molecule has 0 unspecified atom stereocenters. The predicted octanol–water partition coefficient (Wildman–Crippen LogP) is 1.46. The number of carboxylic acids is 1. The van der Waals surface area contributed by atoms with Crippen molar-refractivity contribution in [2.75, 3.05) is 19.8 Å². The number of hydrogen-bond acceptors (Lipinski definition) is 5. The summed E-state index contributed by atoms with van der Waals surface area (Å²) in [5.41, 5.74) is 0. The van der Waals surface area contributed by atoms with E-state index in [4.69, 9.17) is 9.47 Å². The lowest BCUT2D eigenvalue weighted by atomic mass is 10.2. The first kappa shape index (κ1) is 15.6. The largest absolute Gasteiger partial charge is 0.486 e. The molecule has 0 radical (unpaired) electrons. The number of halogens is 1. The number of sulfonamides is 1. The van der Waals surface area contributed by atoms with E-state index >= 15 is 0 Å². The van der Waals surface area contributed by atoms with Crippen LogP contribution in [0, 0.1) is 0 Å². The average molecular weight is 392 g/mol. The van der Waals surface area contributed by atoms with Crippen LogP contribution in [0.25, 0.3) is 0 Å². The number of fused-ring (bicyclic) bond motifs is 1. The molecule has 9 heteroatoms. The highest BCUT2D eigenvalue weighted by Gasteiger charge is 2.40. The molecular weight excluding hydrogens is 378 g/mol. The van der Waals surface area contributed by atoms with Gasteiger partial charge in [-0.25, -0.2) is 8.42 Å². The molecule has 0 spiro atoms. The highest BCUT2D eigenvalue weighted by molar-refractivity contribution is 9.10. The maximum Gasteiger partial charge on any atom is 0.322 e. The van der Waals surface area contributed by atoms with Crippen LogP contribution in [0.15, 0.2) is 21.5 Å². The van der Waals surface area contributed by atoms with Crippen LogP contribution < -0.4 is 9.47 Å². The molecule has 1 aromatic carbocycles. The quantitative estimate of drug-likeness (QED) is 0.837. The number of aliphatic carboxylic acids is 1. The summed E-state index contributed by atoms with van der Waals surface area (Å²) in [6.07, 6.45) is 0.842. The van der Waals surface area contributed by atoms with Crippen LogP contribution in [0.5, 0.6) is 11.5 Å². The van der Waals surface area contributed by atoms with Crippen LogP contribution in [0.4, 0.5) is 0 Å². The van der Waals surface area contributed by atoms with Crippen LogP contribution in [0.2, 0.25) is 0 Å². The van der Waals surface area contributed by atoms with E-state index in [0.29, 0.717) is 42.0 Å². The second-order valence-electron chi connectivity index (χ2n) is 5.04. The number of carboxylic acid groups (broad SMARTS) is 1. The van der Waals surface area contributed by atoms with E-state index in [1.807, 2.05) is 0 Å². The SMILES string of the molecule is O=C(O)[C@@H]1CCCN1S(=O)(=O)c1cc2c(cc1Br)OCCO2. The summed E-state index contributed by atoms with van der Waals surface area (Å²) < 4.78 is 37.7. The van der Waals surface area contributed by atoms with Gasteiger partial charge in [0.2, 0.25) is 10.0 Å². The van der Waals surface area contributed by atoms with Gasteiger partial charge < -0.3 is 14.6 Å². The summed E-state index contributed by atoms with van der Waals surface area (Å²) >= 11 is 3.23. The van der Waals surface area contributed by atoms with Crippen LogP contribution in [-0.4, -0.2) is 49.6 Å². The molecule has 2 aliphatic rings. The van der Waals surface area contributed by atoms with Crippen molar-refractivity contribution in [3.63, 3.8) is 0 Å². The Bertz CT molecular complexity index is 719. The fourth-order valence-electron chi connectivity index (χ4n) is 2.64. The second-order valence-corrected chi connectivity index (χ2v) is 7.75. The number of benzene rings is 1. The number of rotatable bonds is 3. The molecule has 0 aromatic heterocycles. The van der Waals surface area contributed by atoms with E-state index in [0.717, 1.165) is 4.31 Å². The van der Waals surface area contributed by atoms with Crippen LogP contribution in [0.3, 0.4) is 0 Å². The average Bonchev–Trinajstić information content (AvgIpc) is 2.96. The lowest BCUT2D eigenvalue weighted by Crippen LogP contribution is -2.40. The van der Waals surface area contributed by atoms with E-state index in [1.165, 1.54) is 12.1 Å². The first-order chi connectivity index (χ1) is 10.4. The summed E-state index contributed by atoms with van der Waals surface area (Å²) in [5, 5.41) is 9.19. The fraction of sp³-hybridized carbons (Fsp3) is 0.462. The third kappa shape index (κ3) is 2.57. The van der Waals surface area contributed by atoms with E-state index in [9.17, 15) is 18.3 Å². The fourth-order valence-corrected chi connectivity index (χ4v) is 5.29. The molecule has 1 saturated heterocycles. The molecule has 1 aromatic rings. The van der Waals surface area contributed by atoms with Gasteiger partial charge in [-0.1, -0.05) is 0 Å². The third-order valence-electron chi connectivity index (χ3n) is 3.67. The maximum atomic E-state index is 12.8.